The topological polar surface area (TPSA) is 26.0 Å². The Morgan fingerprint density at radius 1 is 1.00 bits per heavy atom. The van der Waals surface area contributed by atoms with Crippen LogP contribution in [0, 0.1) is 17.5 Å². The van der Waals surface area contributed by atoms with Gasteiger partial charge in [0.2, 0.25) is 0 Å². The van der Waals surface area contributed by atoms with Gasteiger partial charge in [-0.2, -0.15) is 0 Å². The molecule has 5 heteroatoms. The third kappa shape index (κ3) is 3.52. The van der Waals surface area contributed by atoms with E-state index in [1.54, 1.807) is 6.07 Å². The van der Waals surface area contributed by atoms with Gasteiger partial charge in [-0.1, -0.05) is 29.8 Å². The van der Waals surface area contributed by atoms with E-state index in [9.17, 15) is 13.2 Å². The minimum atomic E-state index is -0.894. The molecular weight excluding hydrogens is 287 g/mol. The van der Waals surface area contributed by atoms with Crippen molar-refractivity contribution >= 4 is 11.6 Å². The summed E-state index contributed by atoms with van der Waals surface area (Å²) in [5.74, 6) is -2.20. The summed E-state index contributed by atoms with van der Waals surface area (Å²) in [5.41, 5.74) is 6.82. The molecule has 1 unspecified atom stereocenters. The maximum Gasteiger partial charge on any atom is 0.162 e. The van der Waals surface area contributed by atoms with Crippen molar-refractivity contribution in [3.63, 3.8) is 0 Å². The lowest BCUT2D eigenvalue weighted by atomic mass is 9.99. The van der Waals surface area contributed by atoms with Gasteiger partial charge in [0.1, 0.15) is 5.82 Å². The molecule has 2 aromatic carbocycles. The standard InChI is InChI=1S/C15H13ClF3N/c16-13-8-11(17)5-4-9(13)6-12(20)7-10-2-1-3-14(18)15(10)19/h1-5,8,12H,6-7,20H2. The SMILES string of the molecule is NC(Cc1ccc(F)cc1Cl)Cc1cccc(F)c1F. The number of benzene rings is 2. The monoisotopic (exact) mass is 299 g/mol. The number of halogens is 4. The fraction of sp³-hybridized carbons (Fsp3) is 0.200. The summed E-state index contributed by atoms with van der Waals surface area (Å²) in [6, 6.07) is 7.58. The number of rotatable bonds is 4. The van der Waals surface area contributed by atoms with Crippen molar-refractivity contribution in [2.75, 3.05) is 0 Å². The van der Waals surface area contributed by atoms with E-state index in [0.717, 1.165) is 6.07 Å². The van der Waals surface area contributed by atoms with Crippen LogP contribution in [0.1, 0.15) is 11.1 Å². The lowest BCUT2D eigenvalue weighted by Gasteiger charge is -2.13. The smallest absolute Gasteiger partial charge is 0.162 e. The number of nitrogens with two attached hydrogens (primary N) is 1. The van der Waals surface area contributed by atoms with E-state index < -0.39 is 23.5 Å². The third-order valence-electron chi connectivity index (χ3n) is 3.01. The first-order valence-electron chi connectivity index (χ1n) is 6.09. The van der Waals surface area contributed by atoms with Crippen LogP contribution in [-0.4, -0.2) is 6.04 Å². The van der Waals surface area contributed by atoms with Gasteiger partial charge < -0.3 is 5.73 Å². The summed E-state index contributed by atoms with van der Waals surface area (Å²) in [6.45, 7) is 0. The summed E-state index contributed by atoms with van der Waals surface area (Å²) < 4.78 is 39.5. The van der Waals surface area contributed by atoms with Crippen LogP contribution in [0.5, 0.6) is 0 Å². The molecular formula is C15H13ClF3N. The highest BCUT2D eigenvalue weighted by Gasteiger charge is 2.13. The molecule has 0 fully saturated rings. The molecule has 0 saturated carbocycles. The third-order valence-corrected chi connectivity index (χ3v) is 3.36. The molecule has 0 aliphatic heterocycles. The first kappa shape index (κ1) is 14.9. The fourth-order valence-corrected chi connectivity index (χ4v) is 2.27. The minimum Gasteiger partial charge on any atom is -0.327 e. The summed E-state index contributed by atoms with van der Waals surface area (Å²) in [7, 11) is 0. The molecule has 0 bridgehead atoms. The normalized spacial score (nSPS) is 12.4. The highest BCUT2D eigenvalue weighted by molar-refractivity contribution is 6.31. The first-order chi connectivity index (χ1) is 9.47. The van der Waals surface area contributed by atoms with Crippen LogP contribution in [0.25, 0.3) is 0 Å². The molecule has 0 radical (unpaired) electrons. The van der Waals surface area contributed by atoms with Crippen LogP contribution in [0.3, 0.4) is 0 Å². The molecule has 0 spiro atoms. The predicted octanol–water partition coefficient (Wildman–Crippen LogP) is 3.87. The van der Waals surface area contributed by atoms with Gasteiger partial charge in [-0.25, -0.2) is 13.2 Å². The Bertz CT molecular complexity index is 616. The van der Waals surface area contributed by atoms with Gasteiger partial charge in [-0.05, 0) is 42.2 Å². The highest BCUT2D eigenvalue weighted by atomic mass is 35.5. The highest BCUT2D eigenvalue weighted by Crippen LogP contribution is 2.20. The Balaban J connectivity index is 2.09. The minimum absolute atomic E-state index is 0.178. The second kappa shape index (κ2) is 6.29. The molecule has 20 heavy (non-hydrogen) atoms. The molecule has 1 atom stereocenters. The average molecular weight is 300 g/mol. The van der Waals surface area contributed by atoms with E-state index in [1.807, 2.05) is 0 Å². The molecule has 1 nitrogen and oxygen atoms in total. The summed E-state index contributed by atoms with van der Waals surface area (Å²) in [6.07, 6.45) is 0.534. The fourth-order valence-electron chi connectivity index (χ4n) is 2.03. The van der Waals surface area contributed by atoms with E-state index in [1.165, 1.54) is 24.3 Å². The quantitative estimate of drug-likeness (QED) is 0.911. The number of hydrogen-bond acceptors (Lipinski definition) is 1. The van der Waals surface area contributed by atoms with E-state index in [4.69, 9.17) is 17.3 Å². The largest absolute Gasteiger partial charge is 0.327 e. The molecule has 2 N–H and O–H groups in total. The van der Waals surface area contributed by atoms with Crippen molar-refractivity contribution in [3.05, 3.63) is 70.0 Å². The first-order valence-corrected chi connectivity index (χ1v) is 6.47. The van der Waals surface area contributed by atoms with Gasteiger partial charge in [0.05, 0.1) is 0 Å². The summed E-state index contributed by atoms with van der Waals surface area (Å²) in [4.78, 5) is 0. The van der Waals surface area contributed by atoms with E-state index in [2.05, 4.69) is 0 Å². The van der Waals surface area contributed by atoms with E-state index in [0.29, 0.717) is 12.0 Å². The second-order valence-electron chi connectivity index (χ2n) is 4.62. The second-order valence-corrected chi connectivity index (χ2v) is 5.02. The van der Waals surface area contributed by atoms with E-state index in [-0.39, 0.29) is 17.0 Å². The van der Waals surface area contributed by atoms with Crippen molar-refractivity contribution in [1.29, 1.82) is 0 Å². The van der Waals surface area contributed by atoms with Crippen molar-refractivity contribution in [2.24, 2.45) is 5.73 Å². The van der Waals surface area contributed by atoms with Crippen molar-refractivity contribution in [2.45, 2.75) is 18.9 Å². The lowest BCUT2D eigenvalue weighted by Crippen LogP contribution is -2.26. The van der Waals surface area contributed by atoms with Gasteiger partial charge in [0, 0.05) is 11.1 Å². The van der Waals surface area contributed by atoms with E-state index >= 15 is 0 Å². The zero-order valence-electron chi connectivity index (χ0n) is 10.5. The van der Waals surface area contributed by atoms with Crippen LogP contribution in [-0.2, 0) is 12.8 Å². The van der Waals surface area contributed by atoms with Gasteiger partial charge >= 0.3 is 0 Å². The summed E-state index contributed by atoms with van der Waals surface area (Å²) >= 11 is 5.90. The van der Waals surface area contributed by atoms with Crippen LogP contribution in [0.4, 0.5) is 13.2 Å². The molecule has 0 saturated heterocycles. The average Bonchev–Trinajstić information content (AvgIpc) is 2.38. The van der Waals surface area contributed by atoms with Crippen molar-refractivity contribution in [3.8, 4) is 0 Å². The predicted molar refractivity (Wildman–Crippen MR) is 73.2 cm³/mol. The molecule has 2 rings (SSSR count). The molecule has 0 aromatic heterocycles. The molecule has 0 aliphatic rings. The molecule has 106 valence electrons. The Morgan fingerprint density at radius 3 is 2.40 bits per heavy atom. The molecule has 2 aromatic rings. The van der Waals surface area contributed by atoms with Crippen LogP contribution in [0.2, 0.25) is 5.02 Å². The van der Waals surface area contributed by atoms with Crippen LogP contribution < -0.4 is 5.73 Å². The van der Waals surface area contributed by atoms with Crippen LogP contribution >= 0.6 is 11.6 Å². The Labute approximate surface area is 120 Å². The maximum atomic E-state index is 13.5. The Hall–Kier alpha value is -1.52. The van der Waals surface area contributed by atoms with Crippen molar-refractivity contribution < 1.29 is 13.2 Å². The molecule has 0 aliphatic carbocycles. The zero-order chi connectivity index (χ0) is 14.7. The lowest BCUT2D eigenvalue weighted by molar-refractivity contribution is 0.492. The zero-order valence-corrected chi connectivity index (χ0v) is 11.3. The number of hydrogen-bond donors (Lipinski definition) is 1. The molecule has 0 heterocycles. The van der Waals surface area contributed by atoms with Gasteiger partial charge in [0.25, 0.3) is 0 Å². The molecule has 0 amide bonds. The van der Waals surface area contributed by atoms with Crippen molar-refractivity contribution in [1.82, 2.24) is 0 Å². The van der Waals surface area contributed by atoms with Gasteiger partial charge in [-0.3, -0.25) is 0 Å². The maximum absolute atomic E-state index is 13.5. The Morgan fingerprint density at radius 2 is 1.70 bits per heavy atom. The van der Waals surface area contributed by atoms with Gasteiger partial charge in [-0.15, -0.1) is 0 Å². The van der Waals surface area contributed by atoms with Crippen LogP contribution in [0.15, 0.2) is 36.4 Å². The summed E-state index contributed by atoms with van der Waals surface area (Å²) in [5, 5.41) is 0.278. The van der Waals surface area contributed by atoms with Gasteiger partial charge in [0.15, 0.2) is 11.6 Å². The Kier molecular flexibility index (Phi) is 4.68.